The van der Waals surface area contributed by atoms with Crippen molar-refractivity contribution in [3.8, 4) is 23.0 Å². The summed E-state index contributed by atoms with van der Waals surface area (Å²) in [5.41, 5.74) is 1.58. The molecule has 3 aromatic rings. The molecule has 2 N–H and O–H groups in total. The molecule has 0 atom stereocenters. The second kappa shape index (κ2) is 14.5. The molecule has 1 heterocycles. The Kier molecular flexibility index (Phi) is 10.5. The van der Waals surface area contributed by atoms with Crippen LogP contribution in [-0.4, -0.2) is 71.3 Å². The Labute approximate surface area is 254 Å². The molecule has 0 radical (unpaired) electrons. The SMILES string of the molecule is COCCCN1C(=O)C(Nc2ccc(OC)cc2)=C(Sc2cccc(NC(=O)c3cc(OC)c(OC)c(OC)c3)c2)C1=O. The standard InChI is InChI=1S/C31H33N3O8S/c1-38-15-7-14-34-30(36)26(32-20-10-12-22(39-2)13-11-20)28(31(34)37)43-23-9-6-8-21(18-23)33-29(35)19-16-24(40-3)27(42-5)25(17-19)41-4/h6,8-13,16-18,32H,7,14-15H2,1-5H3,(H,33,35). The number of nitrogens with zero attached hydrogens (tertiary/aromatic N) is 1. The molecular weight excluding hydrogens is 574 g/mol. The zero-order chi connectivity index (χ0) is 30.9. The lowest BCUT2D eigenvalue weighted by molar-refractivity contribution is -0.137. The second-order valence-corrected chi connectivity index (χ2v) is 10.2. The van der Waals surface area contributed by atoms with Crippen molar-refractivity contribution in [3.63, 3.8) is 0 Å². The summed E-state index contributed by atoms with van der Waals surface area (Å²) >= 11 is 1.14. The van der Waals surface area contributed by atoms with Crippen LogP contribution in [0.15, 0.2) is 76.2 Å². The molecule has 11 nitrogen and oxygen atoms in total. The van der Waals surface area contributed by atoms with Gasteiger partial charge in [-0.3, -0.25) is 19.3 Å². The van der Waals surface area contributed by atoms with Crippen molar-refractivity contribution >= 4 is 40.9 Å². The zero-order valence-corrected chi connectivity index (χ0v) is 25.3. The highest BCUT2D eigenvalue weighted by molar-refractivity contribution is 8.04. The highest BCUT2D eigenvalue weighted by Gasteiger charge is 2.39. The molecule has 1 aliphatic rings. The monoisotopic (exact) mass is 607 g/mol. The van der Waals surface area contributed by atoms with Gasteiger partial charge in [-0.25, -0.2) is 0 Å². The number of carbonyl (C=O) groups is 3. The van der Waals surface area contributed by atoms with Crippen molar-refractivity contribution in [2.24, 2.45) is 0 Å². The number of methoxy groups -OCH3 is 5. The number of amides is 3. The van der Waals surface area contributed by atoms with Crippen LogP contribution in [0.1, 0.15) is 16.8 Å². The van der Waals surface area contributed by atoms with Crippen molar-refractivity contribution in [2.45, 2.75) is 11.3 Å². The second-order valence-electron chi connectivity index (χ2n) is 9.16. The van der Waals surface area contributed by atoms with Gasteiger partial charge < -0.3 is 34.3 Å². The Balaban J connectivity index is 1.59. The number of hydrogen-bond acceptors (Lipinski definition) is 10. The number of hydrogen-bond donors (Lipinski definition) is 2. The molecule has 3 aromatic carbocycles. The third-order valence-corrected chi connectivity index (χ3v) is 7.53. The van der Waals surface area contributed by atoms with Crippen LogP contribution < -0.4 is 29.6 Å². The predicted molar refractivity (Wildman–Crippen MR) is 163 cm³/mol. The summed E-state index contributed by atoms with van der Waals surface area (Å²) in [6.07, 6.45) is 0.504. The molecule has 4 rings (SSSR count). The molecule has 12 heteroatoms. The maximum Gasteiger partial charge on any atom is 0.278 e. The van der Waals surface area contributed by atoms with E-state index < -0.39 is 17.7 Å². The van der Waals surface area contributed by atoms with E-state index in [1.54, 1.807) is 74.9 Å². The Bertz CT molecular complexity index is 1500. The molecule has 0 saturated carbocycles. The number of anilines is 2. The van der Waals surface area contributed by atoms with Crippen LogP contribution >= 0.6 is 11.8 Å². The minimum atomic E-state index is -0.425. The molecule has 0 unspecified atom stereocenters. The molecule has 0 spiro atoms. The minimum Gasteiger partial charge on any atom is -0.497 e. The van der Waals surface area contributed by atoms with E-state index in [4.69, 9.17) is 23.7 Å². The molecule has 0 aliphatic carbocycles. The zero-order valence-electron chi connectivity index (χ0n) is 24.5. The van der Waals surface area contributed by atoms with E-state index in [1.165, 1.54) is 26.2 Å². The van der Waals surface area contributed by atoms with Gasteiger partial charge >= 0.3 is 0 Å². The average molecular weight is 608 g/mol. The van der Waals surface area contributed by atoms with Crippen LogP contribution in [0.4, 0.5) is 11.4 Å². The van der Waals surface area contributed by atoms with Gasteiger partial charge in [-0.05, 0) is 61.0 Å². The fraction of sp³-hybridized carbons (Fsp3) is 0.258. The van der Waals surface area contributed by atoms with Gasteiger partial charge in [-0.15, -0.1) is 0 Å². The fourth-order valence-electron chi connectivity index (χ4n) is 4.32. The number of imide groups is 1. The Morgan fingerprint density at radius 3 is 2.12 bits per heavy atom. The number of benzene rings is 3. The highest BCUT2D eigenvalue weighted by atomic mass is 32.2. The first-order valence-corrected chi connectivity index (χ1v) is 14.0. The number of carbonyl (C=O) groups excluding carboxylic acids is 3. The summed E-state index contributed by atoms with van der Waals surface area (Å²) in [7, 11) is 7.56. The normalized spacial score (nSPS) is 12.8. The summed E-state index contributed by atoms with van der Waals surface area (Å²) in [6.45, 7) is 0.628. The molecule has 43 heavy (non-hydrogen) atoms. The number of nitrogens with one attached hydrogen (secondary N) is 2. The number of ether oxygens (including phenoxy) is 5. The summed E-state index contributed by atoms with van der Waals surface area (Å²) < 4.78 is 26.4. The van der Waals surface area contributed by atoms with E-state index in [2.05, 4.69) is 10.6 Å². The van der Waals surface area contributed by atoms with Gasteiger partial charge in [-0.1, -0.05) is 17.8 Å². The molecule has 0 saturated heterocycles. The number of thioether (sulfide) groups is 1. The topological polar surface area (TPSA) is 125 Å². The first-order chi connectivity index (χ1) is 20.8. The summed E-state index contributed by atoms with van der Waals surface area (Å²) in [6, 6.07) is 17.1. The summed E-state index contributed by atoms with van der Waals surface area (Å²) in [4.78, 5) is 42.1. The van der Waals surface area contributed by atoms with Crippen molar-refractivity contribution in [2.75, 3.05) is 59.3 Å². The van der Waals surface area contributed by atoms with Crippen molar-refractivity contribution in [3.05, 3.63) is 76.8 Å². The van der Waals surface area contributed by atoms with Gasteiger partial charge in [0.2, 0.25) is 5.75 Å². The average Bonchev–Trinajstić information content (AvgIpc) is 3.24. The van der Waals surface area contributed by atoms with E-state index >= 15 is 0 Å². The molecule has 0 bridgehead atoms. The van der Waals surface area contributed by atoms with Gasteiger partial charge in [0.05, 0.1) is 28.4 Å². The molecule has 0 fully saturated rings. The van der Waals surface area contributed by atoms with Gasteiger partial charge in [-0.2, -0.15) is 0 Å². The first-order valence-electron chi connectivity index (χ1n) is 13.2. The van der Waals surface area contributed by atoms with Gasteiger partial charge in [0.15, 0.2) is 11.5 Å². The lowest BCUT2D eigenvalue weighted by Crippen LogP contribution is -2.33. The van der Waals surface area contributed by atoms with Crippen LogP contribution in [0.25, 0.3) is 0 Å². The van der Waals surface area contributed by atoms with Crippen LogP contribution in [0, 0.1) is 0 Å². The van der Waals surface area contributed by atoms with E-state index in [0.717, 1.165) is 11.8 Å². The Hall–Kier alpha value is -4.68. The van der Waals surface area contributed by atoms with Crippen LogP contribution in [-0.2, 0) is 14.3 Å². The molecule has 226 valence electrons. The maximum atomic E-state index is 13.5. The first kappa shape index (κ1) is 31.3. The fourth-order valence-corrected chi connectivity index (χ4v) is 5.32. The lowest BCUT2D eigenvalue weighted by atomic mass is 10.1. The maximum absolute atomic E-state index is 13.5. The molecule has 1 aliphatic heterocycles. The smallest absolute Gasteiger partial charge is 0.278 e. The summed E-state index contributed by atoms with van der Waals surface area (Å²) in [5, 5.41) is 5.98. The number of rotatable bonds is 14. The summed E-state index contributed by atoms with van der Waals surface area (Å²) in [5.74, 6) is 0.493. The van der Waals surface area contributed by atoms with Gasteiger partial charge in [0, 0.05) is 42.1 Å². The van der Waals surface area contributed by atoms with Crippen LogP contribution in [0.3, 0.4) is 0 Å². The molecule has 0 aromatic heterocycles. The van der Waals surface area contributed by atoms with Gasteiger partial charge in [0.1, 0.15) is 16.4 Å². The quantitative estimate of drug-likeness (QED) is 0.195. The molecular formula is C31H33N3O8S. The van der Waals surface area contributed by atoms with Crippen LogP contribution in [0.5, 0.6) is 23.0 Å². The van der Waals surface area contributed by atoms with Crippen LogP contribution in [0.2, 0.25) is 0 Å². The van der Waals surface area contributed by atoms with Gasteiger partial charge in [0.25, 0.3) is 17.7 Å². The Morgan fingerprint density at radius 2 is 1.51 bits per heavy atom. The highest BCUT2D eigenvalue weighted by Crippen LogP contribution is 2.39. The minimum absolute atomic E-state index is 0.171. The third kappa shape index (κ3) is 7.22. The van der Waals surface area contributed by atoms with Crippen molar-refractivity contribution < 1.29 is 38.1 Å². The van der Waals surface area contributed by atoms with E-state index in [-0.39, 0.29) is 17.1 Å². The van der Waals surface area contributed by atoms with Crippen molar-refractivity contribution in [1.82, 2.24) is 4.90 Å². The Morgan fingerprint density at radius 1 is 0.814 bits per heavy atom. The molecule has 3 amide bonds. The van der Waals surface area contributed by atoms with Crippen molar-refractivity contribution in [1.29, 1.82) is 0 Å². The third-order valence-electron chi connectivity index (χ3n) is 6.45. The lowest BCUT2D eigenvalue weighted by Gasteiger charge is -2.15. The predicted octanol–water partition coefficient (Wildman–Crippen LogP) is 4.79. The van der Waals surface area contributed by atoms with E-state index in [1.807, 2.05) is 0 Å². The van der Waals surface area contributed by atoms with E-state index in [0.29, 0.717) is 57.9 Å². The van der Waals surface area contributed by atoms with E-state index in [9.17, 15) is 14.4 Å². The largest absolute Gasteiger partial charge is 0.497 e.